The average molecular weight is 354 g/mol. The number of furan rings is 1. The molecule has 134 valence electrons. The molecule has 26 heavy (non-hydrogen) atoms. The van der Waals surface area contributed by atoms with Crippen molar-refractivity contribution in [1.29, 1.82) is 0 Å². The molecule has 0 fully saturated rings. The Kier molecular flexibility index (Phi) is 4.79. The molecular weight excluding hydrogens is 336 g/mol. The number of nitrogens with zero attached hydrogens (tertiary/aromatic N) is 1. The number of hydrogen-bond donors (Lipinski definition) is 2. The Morgan fingerprint density at radius 3 is 2.65 bits per heavy atom. The molecule has 0 saturated heterocycles. The van der Waals surface area contributed by atoms with Crippen LogP contribution >= 0.6 is 0 Å². The fourth-order valence-electron chi connectivity index (χ4n) is 2.65. The summed E-state index contributed by atoms with van der Waals surface area (Å²) in [4.78, 5) is 12.3. The molecule has 0 aliphatic rings. The van der Waals surface area contributed by atoms with Gasteiger partial charge in [0.25, 0.3) is 0 Å². The standard InChI is InChI=1S/C19H18N2O5/c1-11-17-13(22)5-4-6-15(17)26-18(11)19(23)21-20-10-12-7-8-14(24-2)16(9-12)25-3/h4-10,22H,1-3H3,(H,21,23)/b20-10+. The van der Waals surface area contributed by atoms with Gasteiger partial charge in [-0.25, -0.2) is 5.43 Å². The minimum Gasteiger partial charge on any atom is -0.507 e. The molecule has 0 spiro atoms. The topological polar surface area (TPSA) is 93.3 Å². The molecule has 0 atom stereocenters. The monoisotopic (exact) mass is 354 g/mol. The number of ether oxygens (including phenoxy) is 2. The van der Waals surface area contributed by atoms with Crippen molar-refractivity contribution in [1.82, 2.24) is 5.43 Å². The highest BCUT2D eigenvalue weighted by atomic mass is 16.5. The van der Waals surface area contributed by atoms with Crippen molar-refractivity contribution in [3.8, 4) is 17.2 Å². The van der Waals surface area contributed by atoms with Crippen molar-refractivity contribution in [3.05, 3.63) is 53.3 Å². The van der Waals surface area contributed by atoms with Gasteiger partial charge in [-0.15, -0.1) is 0 Å². The van der Waals surface area contributed by atoms with Gasteiger partial charge in [-0.1, -0.05) is 6.07 Å². The van der Waals surface area contributed by atoms with E-state index < -0.39 is 5.91 Å². The number of aryl methyl sites for hydroxylation is 1. The minimum absolute atomic E-state index is 0.0663. The highest BCUT2D eigenvalue weighted by molar-refractivity contribution is 6.00. The number of rotatable bonds is 5. The van der Waals surface area contributed by atoms with Gasteiger partial charge in [0.05, 0.1) is 25.8 Å². The van der Waals surface area contributed by atoms with E-state index in [4.69, 9.17) is 13.9 Å². The van der Waals surface area contributed by atoms with E-state index in [0.29, 0.717) is 28.0 Å². The fraction of sp³-hybridized carbons (Fsp3) is 0.158. The van der Waals surface area contributed by atoms with Gasteiger partial charge in [0.15, 0.2) is 17.3 Å². The third kappa shape index (κ3) is 3.19. The van der Waals surface area contributed by atoms with Gasteiger partial charge in [0, 0.05) is 5.56 Å². The van der Waals surface area contributed by atoms with Crippen LogP contribution in [-0.4, -0.2) is 31.4 Å². The lowest BCUT2D eigenvalue weighted by Crippen LogP contribution is -2.17. The van der Waals surface area contributed by atoms with Crippen LogP contribution in [0, 0.1) is 6.92 Å². The van der Waals surface area contributed by atoms with Gasteiger partial charge in [-0.3, -0.25) is 4.79 Å². The first-order chi connectivity index (χ1) is 12.5. The molecular formula is C19H18N2O5. The van der Waals surface area contributed by atoms with Gasteiger partial charge in [0.1, 0.15) is 11.3 Å². The fourth-order valence-corrected chi connectivity index (χ4v) is 2.65. The van der Waals surface area contributed by atoms with Gasteiger partial charge in [0.2, 0.25) is 0 Å². The molecule has 1 aromatic heterocycles. The summed E-state index contributed by atoms with van der Waals surface area (Å²) < 4.78 is 15.9. The number of phenolic OH excluding ortho intramolecular Hbond substituents is 1. The Labute approximate surface area is 149 Å². The van der Waals surface area contributed by atoms with Crippen LogP contribution in [0.3, 0.4) is 0 Å². The molecule has 0 radical (unpaired) electrons. The Hall–Kier alpha value is -3.48. The third-order valence-corrected chi connectivity index (χ3v) is 3.93. The zero-order valence-corrected chi connectivity index (χ0v) is 14.6. The number of fused-ring (bicyclic) bond motifs is 1. The summed E-state index contributed by atoms with van der Waals surface area (Å²) in [6, 6.07) is 10.1. The highest BCUT2D eigenvalue weighted by Gasteiger charge is 2.19. The van der Waals surface area contributed by atoms with Crippen molar-refractivity contribution in [3.63, 3.8) is 0 Å². The number of hydrogen-bond acceptors (Lipinski definition) is 6. The number of carbonyl (C=O) groups excluding carboxylic acids is 1. The lowest BCUT2D eigenvalue weighted by atomic mass is 10.1. The summed E-state index contributed by atoms with van der Waals surface area (Å²) >= 11 is 0. The molecule has 0 bridgehead atoms. The lowest BCUT2D eigenvalue weighted by Gasteiger charge is -2.07. The molecule has 1 amide bonds. The van der Waals surface area contributed by atoms with Gasteiger partial charge >= 0.3 is 5.91 Å². The van der Waals surface area contributed by atoms with E-state index in [9.17, 15) is 9.90 Å². The van der Waals surface area contributed by atoms with E-state index in [1.807, 2.05) is 0 Å². The molecule has 1 heterocycles. The second-order valence-electron chi connectivity index (χ2n) is 5.52. The number of hydrazone groups is 1. The van der Waals surface area contributed by atoms with Crippen molar-refractivity contribution >= 4 is 23.1 Å². The number of benzene rings is 2. The molecule has 7 nitrogen and oxygen atoms in total. The second-order valence-corrected chi connectivity index (χ2v) is 5.52. The first kappa shape index (κ1) is 17.3. The molecule has 3 aromatic rings. The van der Waals surface area contributed by atoms with Crippen LogP contribution in [0.15, 0.2) is 45.9 Å². The van der Waals surface area contributed by atoms with Crippen LogP contribution in [-0.2, 0) is 0 Å². The normalized spacial score (nSPS) is 11.0. The molecule has 0 aliphatic heterocycles. The maximum Gasteiger partial charge on any atom is 0.307 e. The van der Waals surface area contributed by atoms with E-state index >= 15 is 0 Å². The largest absolute Gasteiger partial charge is 0.507 e. The van der Waals surface area contributed by atoms with Crippen LogP contribution in [0.4, 0.5) is 0 Å². The number of nitrogens with one attached hydrogen (secondary N) is 1. The van der Waals surface area contributed by atoms with Crippen LogP contribution < -0.4 is 14.9 Å². The summed E-state index contributed by atoms with van der Waals surface area (Å²) in [6.45, 7) is 1.71. The number of amides is 1. The molecule has 7 heteroatoms. The smallest absolute Gasteiger partial charge is 0.307 e. The molecule has 3 rings (SSSR count). The van der Waals surface area contributed by atoms with Gasteiger partial charge in [-0.2, -0.15) is 5.10 Å². The predicted octanol–water partition coefficient (Wildman–Crippen LogP) is 3.23. The Balaban J connectivity index is 1.78. The van der Waals surface area contributed by atoms with Crippen molar-refractivity contribution in [2.75, 3.05) is 14.2 Å². The predicted molar refractivity (Wildman–Crippen MR) is 97.2 cm³/mol. The van der Waals surface area contributed by atoms with Gasteiger partial charge < -0.3 is 19.0 Å². The first-order valence-electron chi connectivity index (χ1n) is 7.81. The zero-order valence-electron chi connectivity index (χ0n) is 14.6. The number of aromatic hydroxyl groups is 1. The molecule has 0 aliphatic carbocycles. The summed E-state index contributed by atoms with van der Waals surface area (Å²) in [5.41, 5.74) is 4.14. The van der Waals surface area contributed by atoms with E-state index in [1.54, 1.807) is 57.5 Å². The molecule has 0 unspecified atom stereocenters. The van der Waals surface area contributed by atoms with Crippen LogP contribution in [0.2, 0.25) is 0 Å². The SMILES string of the molecule is COc1ccc(/C=N/NC(=O)c2oc3cccc(O)c3c2C)cc1OC. The number of phenols is 1. The number of methoxy groups -OCH3 is 2. The van der Waals surface area contributed by atoms with Crippen molar-refractivity contribution in [2.45, 2.75) is 6.92 Å². The first-order valence-corrected chi connectivity index (χ1v) is 7.81. The maximum absolute atomic E-state index is 12.3. The molecule has 2 aromatic carbocycles. The zero-order chi connectivity index (χ0) is 18.7. The Bertz CT molecular complexity index is 991. The van der Waals surface area contributed by atoms with Crippen molar-refractivity contribution in [2.24, 2.45) is 5.10 Å². The molecule has 0 saturated carbocycles. The van der Waals surface area contributed by atoms with Gasteiger partial charge in [-0.05, 0) is 42.8 Å². The number of carbonyl (C=O) groups is 1. The van der Waals surface area contributed by atoms with E-state index in [-0.39, 0.29) is 11.5 Å². The Morgan fingerprint density at radius 1 is 1.19 bits per heavy atom. The summed E-state index contributed by atoms with van der Waals surface area (Å²) in [7, 11) is 3.10. The van der Waals surface area contributed by atoms with E-state index in [2.05, 4.69) is 10.5 Å². The highest BCUT2D eigenvalue weighted by Crippen LogP contribution is 2.32. The summed E-state index contributed by atoms with van der Waals surface area (Å²) in [5.74, 6) is 0.829. The van der Waals surface area contributed by atoms with E-state index in [0.717, 1.165) is 5.56 Å². The van der Waals surface area contributed by atoms with E-state index in [1.165, 1.54) is 6.21 Å². The van der Waals surface area contributed by atoms with Crippen LogP contribution in [0.5, 0.6) is 17.2 Å². The second kappa shape index (κ2) is 7.18. The van der Waals surface area contributed by atoms with Crippen LogP contribution in [0.1, 0.15) is 21.7 Å². The summed E-state index contributed by atoms with van der Waals surface area (Å²) in [6.07, 6.45) is 1.48. The Morgan fingerprint density at radius 2 is 1.96 bits per heavy atom. The maximum atomic E-state index is 12.3. The minimum atomic E-state index is -0.505. The summed E-state index contributed by atoms with van der Waals surface area (Å²) in [5, 5.41) is 14.4. The molecule has 2 N–H and O–H groups in total. The van der Waals surface area contributed by atoms with Crippen LogP contribution in [0.25, 0.3) is 11.0 Å². The lowest BCUT2D eigenvalue weighted by molar-refractivity contribution is 0.0929. The van der Waals surface area contributed by atoms with Crippen molar-refractivity contribution < 1.29 is 23.8 Å². The quantitative estimate of drug-likeness (QED) is 0.542. The average Bonchev–Trinajstić information content (AvgIpc) is 2.99. The third-order valence-electron chi connectivity index (χ3n) is 3.93.